The first kappa shape index (κ1) is 22.4. The van der Waals surface area contributed by atoms with Crippen molar-refractivity contribution in [3.05, 3.63) is 0 Å². The van der Waals surface area contributed by atoms with Crippen LogP contribution in [0.15, 0.2) is 0 Å². The quantitative estimate of drug-likeness (QED) is 0.325. The zero-order valence-corrected chi connectivity index (χ0v) is 14.6. The second-order valence-corrected chi connectivity index (χ2v) is 6.53. The molecule has 0 rings (SSSR count). The average Bonchev–Trinajstić information content (AvgIpc) is 2.52. The number of aliphatic carboxylic acids is 1. The standard InChI is InChI=1S/C18H36O5/c1-2-3-9-12-15(19)18(23)16(20)13-10-7-5-4-6-8-11-14-17(21)22/h15-16,18-20,23H,2-14H2,1H3,(H,21,22)/t15-,16-,18+/m0/s1. The van der Waals surface area contributed by atoms with Crippen molar-refractivity contribution in [1.82, 2.24) is 0 Å². The van der Waals surface area contributed by atoms with Crippen molar-refractivity contribution in [3.63, 3.8) is 0 Å². The molecule has 3 atom stereocenters. The van der Waals surface area contributed by atoms with E-state index >= 15 is 0 Å². The van der Waals surface area contributed by atoms with Crippen molar-refractivity contribution in [3.8, 4) is 0 Å². The van der Waals surface area contributed by atoms with Gasteiger partial charge in [-0.1, -0.05) is 64.7 Å². The molecule has 0 unspecified atom stereocenters. The molecule has 0 saturated heterocycles. The van der Waals surface area contributed by atoms with Crippen LogP contribution in [0.3, 0.4) is 0 Å². The van der Waals surface area contributed by atoms with Crippen LogP contribution in [0.25, 0.3) is 0 Å². The molecule has 4 N–H and O–H groups in total. The smallest absolute Gasteiger partial charge is 0.303 e. The van der Waals surface area contributed by atoms with Crippen LogP contribution in [0.1, 0.15) is 90.4 Å². The highest BCUT2D eigenvalue weighted by molar-refractivity contribution is 5.66. The molecule has 0 aliphatic rings. The van der Waals surface area contributed by atoms with Gasteiger partial charge in [-0.15, -0.1) is 0 Å². The molecule has 5 nitrogen and oxygen atoms in total. The Bertz CT molecular complexity index is 283. The van der Waals surface area contributed by atoms with Gasteiger partial charge in [-0.05, 0) is 19.3 Å². The van der Waals surface area contributed by atoms with Gasteiger partial charge in [-0.2, -0.15) is 0 Å². The summed E-state index contributed by atoms with van der Waals surface area (Å²) in [4.78, 5) is 10.4. The maximum absolute atomic E-state index is 10.4. The molecule has 0 bridgehead atoms. The van der Waals surface area contributed by atoms with Gasteiger partial charge in [0.15, 0.2) is 0 Å². The third-order valence-electron chi connectivity index (χ3n) is 4.28. The highest BCUT2D eigenvalue weighted by Crippen LogP contribution is 2.15. The van der Waals surface area contributed by atoms with Crippen LogP contribution in [0.5, 0.6) is 0 Å². The van der Waals surface area contributed by atoms with Gasteiger partial charge in [0.05, 0.1) is 12.2 Å². The fraction of sp³-hybridized carbons (Fsp3) is 0.944. The summed E-state index contributed by atoms with van der Waals surface area (Å²) in [6.07, 6.45) is 8.32. The molecule has 0 saturated carbocycles. The summed E-state index contributed by atoms with van der Waals surface area (Å²) in [7, 11) is 0. The minimum absolute atomic E-state index is 0.255. The summed E-state index contributed by atoms with van der Waals surface area (Å²) in [5, 5.41) is 38.1. The van der Waals surface area contributed by atoms with Crippen molar-refractivity contribution in [1.29, 1.82) is 0 Å². The van der Waals surface area contributed by atoms with E-state index in [2.05, 4.69) is 6.92 Å². The number of unbranched alkanes of at least 4 members (excludes halogenated alkanes) is 8. The maximum atomic E-state index is 10.4. The lowest BCUT2D eigenvalue weighted by Gasteiger charge is -2.23. The monoisotopic (exact) mass is 332 g/mol. The minimum Gasteiger partial charge on any atom is -0.481 e. The molecule has 5 heteroatoms. The van der Waals surface area contributed by atoms with Crippen LogP contribution in [-0.2, 0) is 4.79 Å². The molecule has 0 aromatic heterocycles. The fourth-order valence-electron chi connectivity index (χ4n) is 2.72. The number of hydrogen-bond acceptors (Lipinski definition) is 4. The van der Waals surface area contributed by atoms with Crippen molar-refractivity contribution in [2.45, 2.75) is 109 Å². The van der Waals surface area contributed by atoms with E-state index in [1.54, 1.807) is 0 Å². The van der Waals surface area contributed by atoms with Gasteiger partial charge in [0.1, 0.15) is 6.10 Å². The van der Waals surface area contributed by atoms with Gasteiger partial charge in [0.2, 0.25) is 0 Å². The zero-order chi connectivity index (χ0) is 17.5. The van der Waals surface area contributed by atoms with E-state index in [1.165, 1.54) is 0 Å². The summed E-state index contributed by atoms with van der Waals surface area (Å²) in [6, 6.07) is 0. The van der Waals surface area contributed by atoms with Crippen LogP contribution in [0, 0.1) is 0 Å². The molecule has 23 heavy (non-hydrogen) atoms. The molecule has 138 valence electrons. The third kappa shape index (κ3) is 13.5. The molecule has 0 spiro atoms. The van der Waals surface area contributed by atoms with E-state index in [-0.39, 0.29) is 6.42 Å². The Kier molecular flexibility index (Phi) is 14.5. The van der Waals surface area contributed by atoms with Crippen molar-refractivity contribution in [2.24, 2.45) is 0 Å². The second kappa shape index (κ2) is 14.9. The molecular weight excluding hydrogens is 296 g/mol. The highest BCUT2D eigenvalue weighted by Gasteiger charge is 2.23. The SMILES string of the molecule is CCCCC[C@H](O)[C@@H](O)[C@@H](O)CCCCCCCCCC(=O)O. The zero-order valence-electron chi connectivity index (χ0n) is 14.6. The lowest BCUT2D eigenvalue weighted by Crippen LogP contribution is -2.37. The molecule has 0 amide bonds. The number of aliphatic hydroxyl groups is 3. The Morgan fingerprint density at radius 2 is 1.17 bits per heavy atom. The summed E-state index contributed by atoms with van der Waals surface area (Å²) in [6.45, 7) is 2.09. The van der Waals surface area contributed by atoms with E-state index < -0.39 is 24.3 Å². The summed E-state index contributed by atoms with van der Waals surface area (Å²) in [5.41, 5.74) is 0. The maximum Gasteiger partial charge on any atom is 0.303 e. The van der Waals surface area contributed by atoms with Crippen molar-refractivity contribution >= 4 is 5.97 Å². The number of rotatable bonds is 16. The average molecular weight is 332 g/mol. The highest BCUT2D eigenvalue weighted by atomic mass is 16.4. The Labute approximate surface area is 140 Å². The number of carbonyl (C=O) groups is 1. The fourth-order valence-corrected chi connectivity index (χ4v) is 2.72. The number of carboxylic acid groups (broad SMARTS) is 1. The van der Waals surface area contributed by atoms with Gasteiger partial charge in [-0.25, -0.2) is 0 Å². The van der Waals surface area contributed by atoms with Crippen LogP contribution in [-0.4, -0.2) is 44.7 Å². The second-order valence-electron chi connectivity index (χ2n) is 6.53. The Hall–Kier alpha value is -0.650. The molecule has 0 aromatic rings. The molecule has 0 fully saturated rings. The Balaban J connectivity index is 3.50. The Morgan fingerprint density at radius 3 is 1.65 bits per heavy atom. The number of carboxylic acids is 1. The number of aliphatic hydroxyl groups excluding tert-OH is 3. The van der Waals surface area contributed by atoms with Gasteiger partial charge >= 0.3 is 5.97 Å². The van der Waals surface area contributed by atoms with E-state index in [0.29, 0.717) is 12.8 Å². The summed E-state index contributed by atoms with van der Waals surface area (Å²) < 4.78 is 0. The minimum atomic E-state index is -1.04. The lowest BCUT2D eigenvalue weighted by atomic mass is 9.98. The molecule has 0 aliphatic heterocycles. The van der Waals surface area contributed by atoms with Gasteiger partial charge in [0.25, 0.3) is 0 Å². The largest absolute Gasteiger partial charge is 0.481 e. The third-order valence-corrected chi connectivity index (χ3v) is 4.28. The van der Waals surface area contributed by atoms with Crippen LogP contribution < -0.4 is 0 Å². The van der Waals surface area contributed by atoms with Crippen LogP contribution in [0.4, 0.5) is 0 Å². The first-order valence-electron chi connectivity index (χ1n) is 9.25. The predicted molar refractivity (Wildman–Crippen MR) is 91.4 cm³/mol. The molecule has 0 heterocycles. The van der Waals surface area contributed by atoms with Crippen molar-refractivity contribution in [2.75, 3.05) is 0 Å². The predicted octanol–water partition coefficient (Wildman–Crippen LogP) is 3.24. The molecular formula is C18H36O5. The van der Waals surface area contributed by atoms with Gasteiger partial charge in [-0.3, -0.25) is 4.79 Å². The van der Waals surface area contributed by atoms with Crippen LogP contribution >= 0.6 is 0 Å². The first-order valence-corrected chi connectivity index (χ1v) is 9.25. The van der Waals surface area contributed by atoms with E-state index in [4.69, 9.17) is 5.11 Å². The lowest BCUT2D eigenvalue weighted by molar-refractivity contribution is -0.137. The van der Waals surface area contributed by atoms with Gasteiger partial charge < -0.3 is 20.4 Å². The topological polar surface area (TPSA) is 98.0 Å². The van der Waals surface area contributed by atoms with E-state index in [0.717, 1.165) is 64.2 Å². The van der Waals surface area contributed by atoms with Crippen LogP contribution in [0.2, 0.25) is 0 Å². The molecule has 0 radical (unpaired) electrons. The molecule has 0 aromatic carbocycles. The summed E-state index contributed by atoms with van der Waals surface area (Å²) >= 11 is 0. The summed E-state index contributed by atoms with van der Waals surface area (Å²) in [5.74, 6) is -0.727. The first-order chi connectivity index (χ1) is 11.0. The van der Waals surface area contributed by atoms with Crippen molar-refractivity contribution < 1.29 is 25.2 Å². The Morgan fingerprint density at radius 1 is 0.739 bits per heavy atom. The van der Waals surface area contributed by atoms with E-state index in [9.17, 15) is 20.1 Å². The normalized spacial score (nSPS) is 15.3. The molecule has 0 aliphatic carbocycles. The van der Waals surface area contributed by atoms with Gasteiger partial charge in [0, 0.05) is 6.42 Å². The number of hydrogen-bond donors (Lipinski definition) is 4. The van der Waals surface area contributed by atoms with E-state index in [1.807, 2.05) is 0 Å².